The minimum absolute atomic E-state index is 0.467. The van der Waals surface area contributed by atoms with Gasteiger partial charge < -0.3 is 4.74 Å². The minimum atomic E-state index is 0.467. The monoisotopic (exact) mass is 184 g/mol. The molecule has 0 bridgehead atoms. The summed E-state index contributed by atoms with van der Waals surface area (Å²) in [5.41, 5.74) is 2.58. The zero-order chi connectivity index (χ0) is 9.54. The van der Waals surface area contributed by atoms with Crippen LogP contribution < -0.4 is 4.74 Å². The summed E-state index contributed by atoms with van der Waals surface area (Å²) >= 11 is 0. The summed E-state index contributed by atoms with van der Waals surface area (Å²) in [6, 6.07) is 6.38. The summed E-state index contributed by atoms with van der Waals surface area (Å²) in [5, 5.41) is 0. The van der Waals surface area contributed by atoms with E-state index in [2.05, 4.69) is 43.4 Å². The van der Waals surface area contributed by atoms with Gasteiger partial charge in [0.2, 0.25) is 0 Å². The maximum atomic E-state index is 5.85. The van der Waals surface area contributed by atoms with Crippen molar-refractivity contribution in [3.8, 4) is 5.75 Å². The molecule has 1 nitrogen and oxygen atoms in total. The van der Waals surface area contributed by atoms with Crippen molar-refractivity contribution in [3.05, 3.63) is 53.3 Å². The van der Waals surface area contributed by atoms with Crippen LogP contribution in [-0.4, -0.2) is 0 Å². The maximum absolute atomic E-state index is 5.85. The Morgan fingerprint density at radius 3 is 3.21 bits per heavy atom. The Labute approximate surface area is 83.7 Å². The van der Waals surface area contributed by atoms with Gasteiger partial charge in [0.25, 0.3) is 0 Å². The van der Waals surface area contributed by atoms with Crippen LogP contribution in [0.15, 0.2) is 42.2 Å². The SMILES string of the molecule is Cc1cccc2c1OC1=CC=CCC12. The normalized spacial score (nSPS) is 22.4. The van der Waals surface area contributed by atoms with Crippen molar-refractivity contribution in [1.29, 1.82) is 0 Å². The number of fused-ring (bicyclic) bond motifs is 3. The van der Waals surface area contributed by atoms with Gasteiger partial charge in [-0.2, -0.15) is 0 Å². The minimum Gasteiger partial charge on any atom is -0.460 e. The molecule has 0 fully saturated rings. The van der Waals surface area contributed by atoms with Crippen molar-refractivity contribution >= 4 is 0 Å². The summed E-state index contributed by atoms with van der Waals surface area (Å²) in [5.74, 6) is 2.65. The van der Waals surface area contributed by atoms with Crippen LogP contribution in [0.1, 0.15) is 23.5 Å². The third kappa shape index (κ3) is 0.955. The molecule has 1 aliphatic carbocycles. The first-order valence-corrected chi connectivity index (χ1v) is 5.00. The number of rotatable bonds is 0. The Balaban J connectivity index is 2.17. The maximum Gasteiger partial charge on any atom is 0.133 e. The Hall–Kier alpha value is -1.50. The van der Waals surface area contributed by atoms with Crippen molar-refractivity contribution < 1.29 is 4.74 Å². The Bertz CT molecular complexity index is 441. The molecule has 0 radical (unpaired) electrons. The lowest BCUT2D eigenvalue weighted by Crippen LogP contribution is -1.99. The predicted octanol–water partition coefficient (Wildman–Crippen LogP) is 3.31. The fraction of sp³-hybridized carbons (Fsp3) is 0.231. The topological polar surface area (TPSA) is 9.23 Å². The molecule has 0 saturated heterocycles. The van der Waals surface area contributed by atoms with Crippen molar-refractivity contribution in [2.24, 2.45) is 0 Å². The number of hydrogen-bond donors (Lipinski definition) is 0. The van der Waals surface area contributed by atoms with E-state index in [1.165, 1.54) is 11.1 Å². The van der Waals surface area contributed by atoms with Gasteiger partial charge in [0.05, 0.1) is 0 Å². The molecule has 1 aromatic carbocycles. The van der Waals surface area contributed by atoms with Crippen LogP contribution in [0, 0.1) is 6.92 Å². The molecule has 0 amide bonds. The van der Waals surface area contributed by atoms with Crippen LogP contribution in [0.4, 0.5) is 0 Å². The van der Waals surface area contributed by atoms with Crippen LogP contribution >= 0.6 is 0 Å². The predicted molar refractivity (Wildman–Crippen MR) is 56.4 cm³/mol. The number of aryl methyl sites for hydroxylation is 1. The van der Waals surface area contributed by atoms with Gasteiger partial charge in [0.1, 0.15) is 11.5 Å². The van der Waals surface area contributed by atoms with Crippen molar-refractivity contribution in [2.75, 3.05) is 0 Å². The highest BCUT2D eigenvalue weighted by molar-refractivity contribution is 5.52. The molecule has 1 heteroatoms. The summed E-state index contributed by atoms with van der Waals surface area (Å²) in [7, 11) is 0. The summed E-state index contributed by atoms with van der Waals surface area (Å²) in [6.07, 6.45) is 7.43. The fourth-order valence-corrected chi connectivity index (χ4v) is 2.20. The third-order valence-electron chi connectivity index (χ3n) is 2.95. The molecule has 0 N–H and O–H groups in total. The highest BCUT2D eigenvalue weighted by Crippen LogP contribution is 2.45. The van der Waals surface area contributed by atoms with Gasteiger partial charge >= 0.3 is 0 Å². The van der Waals surface area contributed by atoms with Gasteiger partial charge in [-0.15, -0.1) is 0 Å². The number of hydrogen-bond acceptors (Lipinski definition) is 1. The average Bonchev–Trinajstić information content (AvgIpc) is 2.59. The summed E-state index contributed by atoms with van der Waals surface area (Å²) in [6.45, 7) is 2.10. The first kappa shape index (κ1) is 7.86. The largest absolute Gasteiger partial charge is 0.460 e. The van der Waals surface area contributed by atoms with E-state index in [1.54, 1.807) is 0 Å². The van der Waals surface area contributed by atoms with Crippen LogP contribution in [0.2, 0.25) is 0 Å². The molecule has 1 unspecified atom stereocenters. The first-order chi connectivity index (χ1) is 6.86. The number of benzene rings is 1. The van der Waals surface area contributed by atoms with E-state index in [0.717, 1.165) is 17.9 Å². The van der Waals surface area contributed by atoms with Crippen molar-refractivity contribution in [2.45, 2.75) is 19.3 Å². The lowest BCUT2D eigenvalue weighted by atomic mass is 9.92. The van der Waals surface area contributed by atoms with E-state index in [0.29, 0.717) is 5.92 Å². The molecular weight excluding hydrogens is 172 g/mol. The highest BCUT2D eigenvalue weighted by Gasteiger charge is 2.30. The van der Waals surface area contributed by atoms with Crippen LogP contribution in [-0.2, 0) is 0 Å². The lowest BCUT2D eigenvalue weighted by molar-refractivity contribution is 0.423. The van der Waals surface area contributed by atoms with Crippen LogP contribution in [0.5, 0.6) is 5.75 Å². The smallest absolute Gasteiger partial charge is 0.133 e. The van der Waals surface area contributed by atoms with Gasteiger partial charge in [0, 0.05) is 11.5 Å². The standard InChI is InChI=1S/C13H12O/c1-9-5-4-7-11-10-6-2-3-8-12(10)14-13(9)11/h2-5,7-8,10H,6H2,1H3. The van der Waals surface area contributed by atoms with E-state index < -0.39 is 0 Å². The molecule has 70 valence electrons. The molecule has 0 spiro atoms. The first-order valence-electron chi connectivity index (χ1n) is 5.00. The summed E-state index contributed by atoms with van der Waals surface area (Å²) in [4.78, 5) is 0. The van der Waals surface area contributed by atoms with Gasteiger partial charge in [-0.25, -0.2) is 0 Å². The van der Waals surface area contributed by atoms with Crippen molar-refractivity contribution in [1.82, 2.24) is 0 Å². The molecule has 1 atom stereocenters. The van der Waals surface area contributed by atoms with Gasteiger partial charge in [0.15, 0.2) is 0 Å². The van der Waals surface area contributed by atoms with E-state index >= 15 is 0 Å². The zero-order valence-corrected chi connectivity index (χ0v) is 8.16. The van der Waals surface area contributed by atoms with Gasteiger partial charge in [-0.1, -0.05) is 30.4 Å². The van der Waals surface area contributed by atoms with Gasteiger partial charge in [-0.05, 0) is 25.0 Å². The quantitative estimate of drug-likeness (QED) is 0.601. The number of allylic oxidation sites excluding steroid dienone is 4. The Kier molecular flexibility index (Phi) is 1.54. The molecule has 2 aliphatic rings. The van der Waals surface area contributed by atoms with E-state index in [9.17, 15) is 0 Å². The molecule has 3 rings (SSSR count). The molecule has 1 heterocycles. The van der Waals surface area contributed by atoms with E-state index in [4.69, 9.17) is 4.74 Å². The second-order valence-corrected chi connectivity index (χ2v) is 3.88. The lowest BCUT2D eigenvalue weighted by Gasteiger charge is -2.10. The fourth-order valence-electron chi connectivity index (χ4n) is 2.20. The van der Waals surface area contributed by atoms with Crippen LogP contribution in [0.25, 0.3) is 0 Å². The molecule has 14 heavy (non-hydrogen) atoms. The molecule has 0 saturated carbocycles. The Morgan fingerprint density at radius 2 is 2.29 bits per heavy atom. The summed E-state index contributed by atoms with van der Waals surface area (Å²) < 4.78 is 5.85. The second-order valence-electron chi connectivity index (χ2n) is 3.88. The second kappa shape index (κ2) is 2.74. The van der Waals surface area contributed by atoms with Crippen molar-refractivity contribution in [3.63, 3.8) is 0 Å². The van der Waals surface area contributed by atoms with Gasteiger partial charge in [-0.3, -0.25) is 0 Å². The van der Waals surface area contributed by atoms with E-state index in [1.807, 2.05) is 0 Å². The molecule has 0 aromatic heterocycles. The number of para-hydroxylation sites is 1. The zero-order valence-electron chi connectivity index (χ0n) is 8.16. The molecule has 1 aliphatic heterocycles. The average molecular weight is 184 g/mol. The third-order valence-corrected chi connectivity index (χ3v) is 2.95. The molecule has 1 aromatic rings. The number of ether oxygens (including phenoxy) is 1. The highest BCUT2D eigenvalue weighted by atomic mass is 16.5. The van der Waals surface area contributed by atoms with Crippen LogP contribution in [0.3, 0.4) is 0 Å². The van der Waals surface area contributed by atoms with E-state index in [-0.39, 0.29) is 0 Å². The Morgan fingerprint density at radius 1 is 1.36 bits per heavy atom. The molecular formula is C13H12O.